The minimum absolute atomic E-state index is 0.0523. The summed E-state index contributed by atoms with van der Waals surface area (Å²) in [7, 11) is 0. The lowest BCUT2D eigenvalue weighted by atomic mass is 10.1. The molecule has 0 fully saturated rings. The van der Waals surface area contributed by atoms with Crippen LogP contribution in [0.1, 0.15) is 35.8 Å². The molecular formula is C17H19N3O. The Hall–Kier alpha value is -2.20. The van der Waals surface area contributed by atoms with E-state index >= 15 is 0 Å². The summed E-state index contributed by atoms with van der Waals surface area (Å²) >= 11 is 0. The number of fused-ring (bicyclic) bond motifs is 1. The van der Waals surface area contributed by atoms with Crippen LogP contribution in [-0.4, -0.2) is 16.5 Å². The second kappa shape index (κ2) is 5.66. The molecule has 2 aromatic heterocycles. The van der Waals surface area contributed by atoms with E-state index in [1.54, 1.807) is 6.20 Å². The maximum atomic E-state index is 6.08. The molecule has 0 saturated carbocycles. The molecule has 3 rings (SSSR count). The number of furan rings is 1. The first kappa shape index (κ1) is 13.8. The Morgan fingerprint density at radius 3 is 2.81 bits per heavy atom. The van der Waals surface area contributed by atoms with Gasteiger partial charge in [0.2, 0.25) is 0 Å². The second-order valence-corrected chi connectivity index (χ2v) is 5.16. The molecule has 0 spiro atoms. The minimum atomic E-state index is -0.0523. The predicted octanol–water partition coefficient (Wildman–Crippen LogP) is 3.54. The molecule has 1 unspecified atom stereocenters. The molecule has 21 heavy (non-hydrogen) atoms. The van der Waals surface area contributed by atoms with Gasteiger partial charge in [-0.2, -0.15) is 0 Å². The zero-order chi connectivity index (χ0) is 14.8. The van der Waals surface area contributed by atoms with E-state index in [1.807, 2.05) is 19.1 Å². The van der Waals surface area contributed by atoms with E-state index in [4.69, 9.17) is 4.42 Å². The fraction of sp³-hybridized carbons (Fsp3) is 0.294. The molecule has 1 N–H and O–H groups in total. The Morgan fingerprint density at radius 1 is 1.24 bits per heavy atom. The SMILES string of the molecule is CCNC(c1ccnc(C)n1)c1cc2cccc(C)c2o1. The van der Waals surface area contributed by atoms with Gasteiger partial charge in [0.05, 0.1) is 5.69 Å². The summed E-state index contributed by atoms with van der Waals surface area (Å²) in [6.07, 6.45) is 1.79. The van der Waals surface area contributed by atoms with Crippen molar-refractivity contribution in [2.75, 3.05) is 6.54 Å². The first-order chi connectivity index (χ1) is 10.2. The van der Waals surface area contributed by atoms with Crippen LogP contribution in [0.3, 0.4) is 0 Å². The molecule has 0 aliphatic rings. The second-order valence-electron chi connectivity index (χ2n) is 5.16. The smallest absolute Gasteiger partial charge is 0.137 e. The van der Waals surface area contributed by atoms with Crippen LogP contribution in [0.2, 0.25) is 0 Å². The van der Waals surface area contributed by atoms with E-state index in [2.05, 4.69) is 47.3 Å². The highest BCUT2D eigenvalue weighted by atomic mass is 16.3. The monoisotopic (exact) mass is 281 g/mol. The maximum absolute atomic E-state index is 6.08. The lowest BCUT2D eigenvalue weighted by Crippen LogP contribution is -2.22. The highest BCUT2D eigenvalue weighted by Gasteiger charge is 2.19. The van der Waals surface area contributed by atoms with Crippen molar-refractivity contribution in [3.63, 3.8) is 0 Å². The van der Waals surface area contributed by atoms with E-state index in [0.29, 0.717) is 0 Å². The highest BCUT2D eigenvalue weighted by Crippen LogP contribution is 2.29. The molecule has 0 bridgehead atoms. The number of benzene rings is 1. The van der Waals surface area contributed by atoms with E-state index in [0.717, 1.165) is 40.4 Å². The Balaban J connectivity index is 2.09. The summed E-state index contributed by atoms with van der Waals surface area (Å²) in [5.74, 6) is 1.65. The van der Waals surface area contributed by atoms with Gasteiger partial charge in [-0.25, -0.2) is 9.97 Å². The summed E-state index contributed by atoms with van der Waals surface area (Å²) in [5, 5.41) is 4.56. The van der Waals surface area contributed by atoms with Gasteiger partial charge in [0.15, 0.2) is 0 Å². The fourth-order valence-electron chi connectivity index (χ4n) is 2.56. The molecule has 4 heteroatoms. The Kier molecular flexibility index (Phi) is 3.71. The third-order valence-electron chi connectivity index (χ3n) is 3.55. The van der Waals surface area contributed by atoms with Crippen molar-refractivity contribution < 1.29 is 4.42 Å². The van der Waals surface area contributed by atoms with Gasteiger partial charge in [-0.15, -0.1) is 0 Å². The summed E-state index contributed by atoms with van der Waals surface area (Å²) in [5.41, 5.74) is 3.02. The van der Waals surface area contributed by atoms with Gasteiger partial charge in [-0.05, 0) is 38.1 Å². The van der Waals surface area contributed by atoms with Crippen molar-refractivity contribution in [3.8, 4) is 0 Å². The van der Waals surface area contributed by atoms with Crippen LogP contribution in [0.4, 0.5) is 0 Å². The molecule has 4 nitrogen and oxygen atoms in total. The molecule has 0 amide bonds. The zero-order valence-electron chi connectivity index (χ0n) is 12.6. The lowest BCUT2D eigenvalue weighted by Gasteiger charge is -2.15. The number of aryl methyl sites for hydroxylation is 2. The number of para-hydroxylation sites is 1. The van der Waals surface area contributed by atoms with Crippen LogP contribution < -0.4 is 5.32 Å². The molecule has 0 saturated heterocycles. The van der Waals surface area contributed by atoms with Gasteiger partial charge in [0.1, 0.15) is 23.2 Å². The quantitative estimate of drug-likeness (QED) is 0.794. The normalized spacial score (nSPS) is 12.7. The molecule has 3 aromatic rings. The van der Waals surface area contributed by atoms with Crippen LogP contribution in [0.5, 0.6) is 0 Å². The molecular weight excluding hydrogens is 262 g/mol. The van der Waals surface area contributed by atoms with Crippen molar-refractivity contribution in [3.05, 3.63) is 59.4 Å². The highest BCUT2D eigenvalue weighted by molar-refractivity contribution is 5.81. The molecule has 0 aliphatic heterocycles. The van der Waals surface area contributed by atoms with Crippen LogP contribution in [0.15, 0.2) is 40.9 Å². The van der Waals surface area contributed by atoms with Gasteiger partial charge in [0.25, 0.3) is 0 Å². The van der Waals surface area contributed by atoms with Crippen LogP contribution in [-0.2, 0) is 0 Å². The predicted molar refractivity (Wildman–Crippen MR) is 83.2 cm³/mol. The molecule has 108 valence electrons. The maximum Gasteiger partial charge on any atom is 0.137 e. The van der Waals surface area contributed by atoms with Crippen molar-refractivity contribution in [1.82, 2.24) is 15.3 Å². The third-order valence-corrected chi connectivity index (χ3v) is 3.55. The van der Waals surface area contributed by atoms with Crippen LogP contribution >= 0.6 is 0 Å². The van der Waals surface area contributed by atoms with E-state index in [-0.39, 0.29) is 6.04 Å². The molecule has 2 heterocycles. The standard InChI is InChI=1S/C17H19N3O/c1-4-18-16(14-8-9-19-12(3)20-14)15-10-13-7-5-6-11(2)17(13)21-15/h5-10,16,18H,4H2,1-3H3. The fourth-order valence-corrected chi connectivity index (χ4v) is 2.56. The summed E-state index contributed by atoms with van der Waals surface area (Å²) < 4.78 is 6.08. The van der Waals surface area contributed by atoms with Gasteiger partial charge >= 0.3 is 0 Å². The van der Waals surface area contributed by atoms with Crippen molar-refractivity contribution in [2.45, 2.75) is 26.8 Å². The minimum Gasteiger partial charge on any atom is -0.459 e. The third kappa shape index (κ3) is 2.67. The molecule has 0 aliphatic carbocycles. The zero-order valence-corrected chi connectivity index (χ0v) is 12.6. The Bertz CT molecular complexity index is 764. The Morgan fingerprint density at radius 2 is 2.10 bits per heavy atom. The topological polar surface area (TPSA) is 51.0 Å². The summed E-state index contributed by atoms with van der Waals surface area (Å²) in [4.78, 5) is 8.69. The van der Waals surface area contributed by atoms with Crippen LogP contribution in [0.25, 0.3) is 11.0 Å². The lowest BCUT2D eigenvalue weighted by molar-refractivity contribution is 0.469. The Labute approximate surface area is 124 Å². The number of aromatic nitrogens is 2. The van der Waals surface area contributed by atoms with Crippen molar-refractivity contribution >= 4 is 11.0 Å². The largest absolute Gasteiger partial charge is 0.459 e. The number of nitrogens with zero attached hydrogens (tertiary/aromatic N) is 2. The van der Waals surface area contributed by atoms with Crippen LogP contribution in [0, 0.1) is 13.8 Å². The number of nitrogens with one attached hydrogen (secondary N) is 1. The first-order valence-corrected chi connectivity index (χ1v) is 7.21. The first-order valence-electron chi connectivity index (χ1n) is 7.21. The van der Waals surface area contributed by atoms with Gasteiger partial charge in [0, 0.05) is 11.6 Å². The molecule has 1 aromatic carbocycles. The molecule has 0 radical (unpaired) electrons. The van der Waals surface area contributed by atoms with Gasteiger partial charge in [-0.1, -0.05) is 25.1 Å². The number of rotatable bonds is 4. The average molecular weight is 281 g/mol. The molecule has 1 atom stereocenters. The van der Waals surface area contributed by atoms with E-state index in [1.165, 1.54) is 0 Å². The number of hydrogen-bond acceptors (Lipinski definition) is 4. The van der Waals surface area contributed by atoms with Crippen molar-refractivity contribution in [2.24, 2.45) is 0 Å². The summed E-state index contributed by atoms with van der Waals surface area (Å²) in [6, 6.07) is 10.2. The average Bonchev–Trinajstić information content (AvgIpc) is 2.90. The number of hydrogen-bond donors (Lipinski definition) is 1. The van der Waals surface area contributed by atoms with Gasteiger partial charge < -0.3 is 9.73 Å². The van der Waals surface area contributed by atoms with E-state index < -0.39 is 0 Å². The van der Waals surface area contributed by atoms with Gasteiger partial charge in [-0.3, -0.25) is 0 Å². The summed E-state index contributed by atoms with van der Waals surface area (Å²) in [6.45, 7) is 6.88. The van der Waals surface area contributed by atoms with E-state index in [9.17, 15) is 0 Å². The van der Waals surface area contributed by atoms with Crippen molar-refractivity contribution in [1.29, 1.82) is 0 Å².